The van der Waals surface area contributed by atoms with Gasteiger partial charge in [-0.15, -0.1) is 0 Å². The summed E-state index contributed by atoms with van der Waals surface area (Å²) in [6.45, 7) is 8.98. The summed E-state index contributed by atoms with van der Waals surface area (Å²) in [5, 5.41) is 0. The SMILES string of the molecule is C=C(C(C)c1ccc(-c2cccc(C)c2)cc1)C(c1ccccc1)c1ccccc1. The van der Waals surface area contributed by atoms with Crippen LogP contribution in [0.3, 0.4) is 0 Å². The monoisotopic (exact) mass is 388 g/mol. The van der Waals surface area contributed by atoms with Crippen LogP contribution in [-0.4, -0.2) is 0 Å². The summed E-state index contributed by atoms with van der Waals surface area (Å²) in [5.74, 6) is 0.431. The predicted octanol–water partition coefficient (Wildman–Crippen LogP) is 8.15. The quantitative estimate of drug-likeness (QED) is 0.292. The largest absolute Gasteiger partial charge is 0.0983 e. The van der Waals surface area contributed by atoms with E-state index in [-0.39, 0.29) is 11.8 Å². The van der Waals surface area contributed by atoms with Gasteiger partial charge in [-0.25, -0.2) is 0 Å². The number of aryl methyl sites for hydroxylation is 1. The van der Waals surface area contributed by atoms with Crippen molar-refractivity contribution in [2.45, 2.75) is 25.7 Å². The maximum absolute atomic E-state index is 4.58. The summed E-state index contributed by atoms with van der Waals surface area (Å²) in [6.07, 6.45) is 0. The molecule has 1 unspecified atom stereocenters. The Morgan fingerprint density at radius 2 is 1.17 bits per heavy atom. The molecule has 1 atom stereocenters. The summed E-state index contributed by atoms with van der Waals surface area (Å²) in [5.41, 5.74) is 8.90. The predicted molar refractivity (Wildman–Crippen MR) is 129 cm³/mol. The van der Waals surface area contributed by atoms with Crippen molar-refractivity contribution in [3.8, 4) is 11.1 Å². The van der Waals surface area contributed by atoms with Crippen LogP contribution in [0.25, 0.3) is 11.1 Å². The zero-order valence-electron chi connectivity index (χ0n) is 17.8. The van der Waals surface area contributed by atoms with Gasteiger partial charge in [-0.1, -0.05) is 134 Å². The topological polar surface area (TPSA) is 0 Å². The Bertz CT molecular complexity index is 1070. The Morgan fingerprint density at radius 3 is 1.70 bits per heavy atom. The van der Waals surface area contributed by atoms with Gasteiger partial charge < -0.3 is 0 Å². The van der Waals surface area contributed by atoms with E-state index < -0.39 is 0 Å². The third kappa shape index (κ3) is 4.28. The second-order valence-electron chi connectivity index (χ2n) is 8.04. The summed E-state index contributed by atoms with van der Waals surface area (Å²) < 4.78 is 0. The molecular weight excluding hydrogens is 360 g/mol. The molecule has 0 bridgehead atoms. The highest BCUT2D eigenvalue weighted by Crippen LogP contribution is 2.39. The van der Waals surface area contributed by atoms with Crippen molar-refractivity contribution in [1.82, 2.24) is 0 Å². The lowest BCUT2D eigenvalue weighted by molar-refractivity contribution is 0.792. The number of rotatable bonds is 6. The van der Waals surface area contributed by atoms with Crippen molar-refractivity contribution in [3.63, 3.8) is 0 Å². The molecule has 0 spiro atoms. The van der Waals surface area contributed by atoms with Gasteiger partial charge in [0, 0.05) is 11.8 Å². The molecule has 30 heavy (non-hydrogen) atoms. The first-order chi connectivity index (χ1) is 14.6. The molecule has 0 amide bonds. The van der Waals surface area contributed by atoms with Gasteiger partial charge in [-0.2, -0.15) is 0 Å². The van der Waals surface area contributed by atoms with E-state index in [2.05, 4.69) is 130 Å². The Labute approximate surface area is 180 Å². The van der Waals surface area contributed by atoms with Gasteiger partial charge in [0.1, 0.15) is 0 Å². The van der Waals surface area contributed by atoms with Crippen LogP contribution < -0.4 is 0 Å². The van der Waals surface area contributed by atoms with Crippen LogP contribution in [0.4, 0.5) is 0 Å². The van der Waals surface area contributed by atoms with Crippen molar-refractivity contribution in [1.29, 1.82) is 0 Å². The molecule has 0 N–H and O–H groups in total. The fourth-order valence-corrected chi connectivity index (χ4v) is 4.16. The van der Waals surface area contributed by atoms with Crippen LogP contribution in [0, 0.1) is 6.92 Å². The van der Waals surface area contributed by atoms with E-state index in [9.17, 15) is 0 Å². The molecule has 4 aromatic rings. The molecule has 0 radical (unpaired) electrons. The van der Waals surface area contributed by atoms with Gasteiger partial charge in [-0.05, 0) is 34.7 Å². The average molecular weight is 389 g/mol. The minimum Gasteiger partial charge on any atom is -0.0983 e. The van der Waals surface area contributed by atoms with E-state index in [0.29, 0.717) is 0 Å². The summed E-state index contributed by atoms with van der Waals surface area (Å²) in [6, 6.07) is 39.0. The van der Waals surface area contributed by atoms with Crippen molar-refractivity contribution in [2.75, 3.05) is 0 Å². The van der Waals surface area contributed by atoms with E-state index in [0.717, 1.165) is 0 Å². The highest BCUT2D eigenvalue weighted by atomic mass is 14.3. The Morgan fingerprint density at radius 1 is 0.600 bits per heavy atom. The van der Waals surface area contributed by atoms with Crippen LogP contribution >= 0.6 is 0 Å². The molecule has 0 fully saturated rings. The van der Waals surface area contributed by atoms with Crippen molar-refractivity contribution in [2.24, 2.45) is 0 Å². The van der Waals surface area contributed by atoms with Gasteiger partial charge in [0.2, 0.25) is 0 Å². The lowest BCUT2D eigenvalue weighted by Gasteiger charge is -2.26. The average Bonchev–Trinajstić information content (AvgIpc) is 2.80. The fraction of sp³-hybridized carbons (Fsp3) is 0.133. The summed E-state index contributed by atoms with van der Waals surface area (Å²) >= 11 is 0. The molecule has 0 aliphatic heterocycles. The van der Waals surface area contributed by atoms with Gasteiger partial charge >= 0.3 is 0 Å². The first kappa shape index (κ1) is 19.9. The maximum Gasteiger partial charge on any atom is 0.0302 e. The number of benzene rings is 4. The second kappa shape index (κ2) is 8.97. The third-order valence-electron chi connectivity index (χ3n) is 5.95. The van der Waals surface area contributed by atoms with Crippen LogP contribution in [-0.2, 0) is 0 Å². The standard InChI is InChI=1S/C30H28/c1-22-11-10-16-29(21-22)26-19-17-25(18-20-26)23(2)24(3)30(27-12-6-4-7-13-27)28-14-8-5-9-15-28/h4-21,23,30H,3H2,1-2H3. The molecule has 0 nitrogen and oxygen atoms in total. The maximum atomic E-state index is 4.58. The molecule has 148 valence electrons. The van der Waals surface area contributed by atoms with Crippen LogP contribution in [0.5, 0.6) is 0 Å². The summed E-state index contributed by atoms with van der Waals surface area (Å²) in [7, 11) is 0. The number of hydrogen-bond acceptors (Lipinski definition) is 0. The molecule has 0 heteroatoms. The Balaban J connectivity index is 1.64. The van der Waals surface area contributed by atoms with E-state index in [4.69, 9.17) is 0 Å². The van der Waals surface area contributed by atoms with Crippen molar-refractivity contribution < 1.29 is 0 Å². The fourth-order valence-electron chi connectivity index (χ4n) is 4.16. The first-order valence-corrected chi connectivity index (χ1v) is 10.6. The van der Waals surface area contributed by atoms with E-state index in [1.807, 2.05) is 0 Å². The Hall–Kier alpha value is -3.38. The number of hydrogen-bond donors (Lipinski definition) is 0. The molecule has 4 aromatic carbocycles. The zero-order valence-corrected chi connectivity index (χ0v) is 17.8. The lowest BCUT2D eigenvalue weighted by Crippen LogP contribution is -2.09. The molecule has 4 rings (SSSR count). The molecule has 0 aromatic heterocycles. The van der Waals surface area contributed by atoms with E-state index in [1.54, 1.807) is 0 Å². The van der Waals surface area contributed by atoms with Crippen molar-refractivity contribution >= 4 is 0 Å². The first-order valence-electron chi connectivity index (χ1n) is 10.6. The zero-order chi connectivity index (χ0) is 20.9. The lowest BCUT2D eigenvalue weighted by atomic mass is 9.78. The summed E-state index contributed by atoms with van der Waals surface area (Å²) in [4.78, 5) is 0. The van der Waals surface area contributed by atoms with E-state index in [1.165, 1.54) is 39.0 Å². The minimum absolute atomic E-state index is 0.179. The molecule has 0 aliphatic carbocycles. The Kier molecular flexibility index (Phi) is 5.95. The van der Waals surface area contributed by atoms with Crippen LogP contribution in [0.2, 0.25) is 0 Å². The molecule has 0 saturated heterocycles. The molecule has 0 aliphatic rings. The van der Waals surface area contributed by atoms with E-state index >= 15 is 0 Å². The van der Waals surface area contributed by atoms with Gasteiger partial charge in [0.05, 0.1) is 0 Å². The van der Waals surface area contributed by atoms with Gasteiger partial charge in [0.15, 0.2) is 0 Å². The van der Waals surface area contributed by atoms with Gasteiger partial charge in [0.25, 0.3) is 0 Å². The van der Waals surface area contributed by atoms with Crippen molar-refractivity contribution in [3.05, 3.63) is 144 Å². The highest BCUT2D eigenvalue weighted by molar-refractivity contribution is 5.64. The van der Waals surface area contributed by atoms with Gasteiger partial charge in [-0.3, -0.25) is 0 Å². The second-order valence-corrected chi connectivity index (χ2v) is 8.04. The van der Waals surface area contributed by atoms with Crippen LogP contribution in [0.15, 0.2) is 121 Å². The molecular formula is C30H28. The minimum atomic E-state index is 0.179. The van der Waals surface area contributed by atoms with Crippen LogP contribution in [0.1, 0.15) is 41.0 Å². The molecule has 0 heterocycles. The molecule has 0 saturated carbocycles. The smallest absolute Gasteiger partial charge is 0.0302 e. The normalized spacial score (nSPS) is 12.0. The highest BCUT2D eigenvalue weighted by Gasteiger charge is 2.22. The number of allylic oxidation sites excluding steroid dienone is 1. The third-order valence-corrected chi connectivity index (χ3v) is 5.95.